The minimum absolute atomic E-state index is 0.562. The van der Waals surface area contributed by atoms with Gasteiger partial charge in [-0.05, 0) is 34.1 Å². The second-order valence-electron chi connectivity index (χ2n) is 3.06. The van der Waals surface area contributed by atoms with Gasteiger partial charge >= 0.3 is 0 Å². The van der Waals surface area contributed by atoms with E-state index < -0.39 is 0 Å². The first-order chi connectivity index (χ1) is 7.65. The van der Waals surface area contributed by atoms with Crippen molar-refractivity contribution in [2.45, 2.75) is 6.54 Å². The average molecular weight is 338 g/mol. The molecule has 0 atom stereocenters. The van der Waals surface area contributed by atoms with Gasteiger partial charge in [-0.15, -0.1) is 11.3 Å². The fraction of sp³-hybridized carbons (Fsp3) is 0.100. The molecule has 1 N–H and O–H groups in total. The van der Waals surface area contributed by atoms with Crippen molar-refractivity contribution in [3.63, 3.8) is 0 Å². The zero-order valence-corrected chi connectivity index (χ0v) is 11.9. The molecule has 16 heavy (non-hydrogen) atoms. The molecule has 0 fully saturated rings. The van der Waals surface area contributed by atoms with Crippen LogP contribution in [-0.4, -0.2) is 4.98 Å². The van der Waals surface area contributed by atoms with E-state index in [2.05, 4.69) is 26.2 Å². The summed E-state index contributed by atoms with van der Waals surface area (Å²) in [7, 11) is 0. The molecule has 1 aromatic carbocycles. The van der Waals surface area contributed by atoms with E-state index in [0.717, 1.165) is 15.0 Å². The van der Waals surface area contributed by atoms with Crippen LogP contribution in [0.4, 0.5) is 5.69 Å². The minimum Gasteiger partial charge on any atom is -0.379 e. The van der Waals surface area contributed by atoms with Crippen molar-refractivity contribution in [2.24, 2.45) is 0 Å². The maximum Gasteiger partial charge on any atom is 0.183 e. The molecule has 84 valence electrons. The van der Waals surface area contributed by atoms with Gasteiger partial charge in [-0.3, -0.25) is 0 Å². The predicted molar refractivity (Wildman–Crippen MR) is 73.6 cm³/mol. The van der Waals surface area contributed by atoms with Crippen molar-refractivity contribution in [2.75, 3.05) is 5.32 Å². The Morgan fingerprint density at radius 1 is 1.38 bits per heavy atom. The predicted octanol–water partition coefficient (Wildman–Crippen LogP) is 4.82. The number of nitrogens with zero attached hydrogens (tertiary/aromatic N) is 1. The van der Waals surface area contributed by atoms with Crippen molar-refractivity contribution in [1.29, 1.82) is 0 Å². The van der Waals surface area contributed by atoms with Gasteiger partial charge in [0.15, 0.2) is 4.47 Å². The molecule has 0 spiro atoms. The Labute approximate surface area is 116 Å². The second-order valence-corrected chi connectivity index (χ2v) is 6.05. The van der Waals surface area contributed by atoms with E-state index in [-0.39, 0.29) is 0 Å². The molecule has 6 heteroatoms. The topological polar surface area (TPSA) is 24.9 Å². The Balaban J connectivity index is 2.04. The van der Waals surface area contributed by atoms with Gasteiger partial charge in [0.05, 0.1) is 6.54 Å². The van der Waals surface area contributed by atoms with Crippen molar-refractivity contribution in [3.8, 4) is 0 Å². The van der Waals surface area contributed by atoms with Gasteiger partial charge in [0, 0.05) is 26.3 Å². The van der Waals surface area contributed by atoms with Crippen LogP contribution >= 0.6 is 50.5 Å². The smallest absolute Gasteiger partial charge is 0.183 e. The Morgan fingerprint density at radius 2 is 2.19 bits per heavy atom. The van der Waals surface area contributed by atoms with Crippen molar-refractivity contribution in [3.05, 3.63) is 43.2 Å². The molecule has 0 unspecified atom stereocenters. The first kappa shape index (κ1) is 12.2. The number of rotatable bonds is 3. The van der Waals surface area contributed by atoms with Crippen LogP contribution in [-0.2, 0) is 6.54 Å². The quantitative estimate of drug-likeness (QED) is 0.868. The third kappa shape index (κ3) is 3.10. The highest BCUT2D eigenvalue weighted by Gasteiger charge is 2.02. The lowest BCUT2D eigenvalue weighted by molar-refractivity contribution is 1.17. The Hall–Kier alpha value is -0.290. The van der Waals surface area contributed by atoms with Crippen LogP contribution in [0, 0.1) is 0 Å². The normalized spacial score (nSPS) is 10.4. The van der Waals surface area contributed by atoms with Gasteiger partial charge in [-0.2, -0.15) is 0 Å². The molecular formula is C10H7BrCl2N2S. The molecule has 1 heterocycles. The number of thiazole rings is 1. The fourth-order valence-corrected chi connectivity index (χ4v) is 2.92. The first-order valence-corrected chi connectivity index (χ1v) is 6.81. The molecule has 2 rings (SSSR count). The van der Waals surface area contributed by atoms with E-state index in [0.29, 0.717) is 16.0 Å². The van der Waals surface area contributed by atoms with Crippen LogP contribution in [0.1, 0.15) is 4.88 Å². The molecule has 0 saturated carbocycles. The summed E-state index contributed by atoms with van der Waals surface area (Å²) >= 11 is 16.5. The highest BCUT2D eigenvalue weighted by molar-refractivity contribution is 9.10. The van der Waals surface area contributed by atoms with Gasteiger partial charge in [-0.1, -0.05) is 23.2 Å². The van der Waals surface area contributed by atoms with E-state index in [1.807, 2.05) is 18.2 Å². The summed E-state index contributed by atoms with van der Waals surface area (Å²) in [6, 6.07) is 5.62. The van der Waals surface area contributed by atoms with Gasteiger partial charge in [0.1, 0.15) is 0 Å². The number of aromatic nitrogens is 1. The number of hydrogen-bond acceptors (Lipinski definition) is 3. The van der Waals surface area contributed by atoms with Gasteiger partial charge in [0.25, 0.3) is 0 Å². The van der Waals surface area contributed by atoms with Crippen molar-refractivity contribution >= 4 is 56.2 Å². The lowest BCUT2D eigenvalue weighted by Gasteiger charge is -2.07. The van der Waals surface area contributed by atoms with Gasteiger partial charge in [0.2, 0.25) is 0 Å². The average Bonchev–Trinajstić information content (AvgIpc) is 2.63. The Morgan fingerprint density at radius 3 is 2.81 bits per heavy atom. The minimum atomic E-state index is 0.562. The summed E-state index contributed by atoms with van der Waals surface area (Å²) in [5, 5.41) is 3.98. The molecule has 0 aliphatic heterocycles. The summed E-state index contributed by atoms with van der Waals surface area (Å²) in [5.41, 5.74) is 0.994. The summed E-state index contributed by atoms with van der Waals surface area (Å²) in [6.07, 6.45) is 1.77. The van der Waals surface area contributed by atoms with E-state index >= 15 is 0 Å². The number of nitrogens with one attached hydrogen (secondary N) is 1. The Kier molecular flexibility index (Phi) is 4.08. The van der Waals surface area contributed by atoms with E-state index in [1.54, 1.807) is 6.20 Å². The summed E-state index contributed by atoms with van der Waals surface area (Å²) in [5.74, 6) is 0. The molecule has 0 aliphatic carbocycles. The zero-order chi connectivity index (χ0) is 11.5. The largest absolute Gasteiger partial charge is 0.379 e. The van der Waals surface area contributed by atoms with Crippen molar-refractivity contribution < 1.29 is 0 Å². The molecule has 0 radical (unpaired) electrons. The van der Waals surface area contributed by atoms with Gasteiger partial charge < -0.3 is 5.32 Å². The maximum absolute atomic E-state index is 5.85. The molecule has 0 amide bonds. The number of anilines is 1. The molecule has 1 aromatic heterocycles. The molecule has 0 saturated heterocycles. The molecule has 2 nitrogen and oxygen atoms in total. The first-order valence-electron chi connectivity index (χ1n) is 4.44. The van der Waals surface area contributed by atoms with Crippen molar-refractivity contribution in [1.82, 2.24) is 4.98 Å². The van der Waals surface area contributed by atoms with Crippen LogP contribution in [0.15, 0.2) is 28.9 Å². The highest BCUT2D eigenvalue weighted by atomic mass is 79.9. The number of halogens is 3. The van der Waals surface area contributed by atoms with Crippen LogP contribution in [0.5, 0.6) is 0 Å². The van der Waals surface area contributed by atoms with E-state index in [9.17, 15) is 0 Å². The second kappa shape index (κ2) is 5.36. The standard InChI is InChI=1S/C10H7BrCl2N2S/c11-8-3-6(12)1-2-9(8)14-4-7-5-15-10(13)16-7/h1-3,5,14H,4H2. The fourth-order valence-electron chi connectivity index (χ4n) is 1.18. The van der Waals surface area contributed by atoms with Crippen LogP contribution < -0.4 is 5.32 Å². The molecule has 0 bridgehead atoms. The summed E-state index contributed by atoms with van der Waals surface area (Å²) in [4.78, 5) is 5.07. The molecular weight excluding hydrogens is 331 g/mol. The highest BCUT2D eigenvalue weighted by Crippen LogP contribution is 2.27. The van der Waals surface area contributed by atoms with E-state index in [4.69, 9.17) is 23.2 Å². The van der Waals surface area contributed by atoms with Crippen LogP contribution in [0.3, 0.4) is 0 Å². The molecule has 0 aliphatic rings. The SMILES string of the molecule is Clc1ccc(NCc2cnc(Cl)s2)c(Br)c1. The van der Waals surface area contributed by atoms with Crippen LogP contribution in [0.25, 0.3) is 0 Å². The third-order valence-corrected chi connectivity index (χ3v) is 3.92. The number of benzene rings is 1. The van der Waals surface area contributed by atoms with Gasteiger partial charge in [-0.25, -0.2) is 4.98 Å². The molecule has 2 aromatic rings. The maximum atomic E-state index is 5.85. The lowest BCUT2D eigenvalue weighted by Crippen LogP contribution is -1.97. The van der Waals surface area contributed by atoms with E-state index in [1.165, 1.54) is 11.3 Å². The van der Waals surface area contributed by atoms with Crippen LogP contribution in [0.2, 0.25) is 9.49 Å². The summed E-state index contributed by atoms with van der Waals surface area (Å²) in [6.45, 7) is 0.699. The summed E-state index contributed by atoms with van der Waals surface area (Å²) < 4.78 is 1.50. The monoisotopic (exact) mass is 336 g/mol. The lowest BCUT2D eigenvalue weighted by atomic mass is 10.3. The number of hydrogen-bond donors (Lipinski definition) is 1. The third-order valence-electron chi connectivity index (χ3n) is 1.91. The Bertz CT molecular complexity index is 501. The zero-order valence-electron chi connectivity index (χ0n) is 8.01.